The van der Waals surface area contributed by atoms with Gasteiger partial charge < -0.3 is 15.2 Å². The van der Waals surface area contributed by atoms with Gasteiger partial charge in [0.1, 0.15) is 4.83 Å². The zero-order valence-corrected chi connectivity index (χ0v) is 16.7. The maximum absolute atomic E-state index is 6.36. The lowest BCUT2D eigenvalue weighted by Crippen LogP contribution is -2.13. The van der Waals surface area contributed by atoms with E-state index < -0.39 is 6.29 Å². The topological polar surface area (TPSA) is 70.3 Å². The van der Waals surface area contributed by atoms with Crippen LogP contribution in [0.5, 0.6) is 0 Å². The minimum absolute atomic E-state index is 0.194. The summed E-state index contributed by atoms with van der Waals surface area (Å²) in [5.41, 5.74) is 8.28. The first-order valence-electron chi connectivity index (χ1n) is 7.69. The van der Waals surface area contributed by atoms with Gasteiger partial charge in [0, 0.05) is 35.1 Å². The second-order valence-electron chi connectivity index (χ2n) is 5.61. The monoisotopic (exact) mass is 409 g/mol. The van der Waals surface area contributed by atoms with Crippen LogP contribution in [0.3, 0.4) is 0 Å². The molecule has 1 aromatic carbocycles. The summed E-state index contributed by atoms with van der Waals surface area (Å²) in [7, 11) is 3.20. The van der Waals surface area contributed by atoms with Crippen LogP contribution in [0.1, 0.15) is 11.8 Å². The summed E-state index contributed by atoms with van der Waals surface area (Å²) in [6.07, 6.45) is 1.59. The number of benzene rings is 1. The summed E-state index contributed by atoms with van der Waals surface area (Å²) in [5, 5.41) is 1.95. The minimum atomic E-state index is -0.401. The first-order chi connectivity index (χ1) is 12.4. The molecule has 0 atom stereocenters. The normalized spacial score (nSPS) is 12.3. The summed E-state index contributed by atoms with van der Waals surface area (Å²) in [4.78, 5) is 10.5. The standard InChI is InChI=1S/C18H17Cl2N3O2S/c1-9(17(24-2)25-3)6-11-8-13-15(22-18(21)23-16(13)26-11)12-5-4-10(19)7-14(12)20/h4-8,17H,1-3H3,(H2,21,22,23)/b9-6+. The fourth-order valence-corrected chi connectivity index (χ4v) is 4.22. The minimum Gasteiger partial charge on any atom is -0.368 e. The molecule has 26 heavy (non-hydrogen) atoms. The molecule has 3 rings (SSSR count). The van der Waals surface area contributed by atoms with E-state index in [0.717, 1.165) is 26.2 Å². The van der Waals surface area contributed by atoms with Gasteiger partial charge in [0.15, 0.2) is 6.29 Å². The molecule has 3 aromatic rings. The van der Waals surface area contributed by atoms with Gasteiger partial charge in [-0.15, -0.1) is 11.3 Å². The molecular formula is C18H17Cl2N3O2S. The number of rotatable bonds is 5. The number of nitrogens with zero attached hydrogens (tertiary/aromatic N) is 2. The average molecular weight is 410 g/mol. The van der Waals surface area contributed by atoms with Crippen molar-refractivity contribution in [1.29, 1.82) is 0 Å². The number of hydrogen-bond donors (Lipinski definition) is 1. The number of halogens is 2. The first-order valence-corrected chi connectivity index (χ1v) is 9.26. The molecule has 8 heteroatoms. The summed E-state index contributed by atoms with van der Waals surface area (Å²) in [6.45, 7) is 1.94. The number of fused-ring (bicyclic) bond motifs is 1. The third-order valence-corrected chi connectivity index (χ3v) is 5.31. The third kappa shape index (κ3) is 3.84. The van der Waals surface area contributed by atoms with E-state index in [1.807, 2.05) is 25.1 Å². The Morgan fingerprint density at radius 1 is 1.19 bits per heavy atom. The van der Waals surface area contributed by atoms with Crippen LogP contribution < -0.4 is 5.73 Å². The van der Waals surface area contributed by atoms with Crippen LogP contribution in [-0.4, -0.2) is 30.5 Å². The van der Waals surface area contributed by atoms with Gasteiger partial charge in [-0.25, -0.2) is 9.97 Å². The molecule has 2 aromatic heterocycles. The second-order valence-corrected chi connectivity index (χ2v) is 7.52. The average Bonchev–Trinajstić information content (AvgIpc) is 2.97. The van der Waals surface area contributed by atoms with Gasteiger partial charge in [0.25, 0.3) is 0 Å². The Labute approximate surface area is 165 Å². The SMILES string of the molecule is COC(OC)/C(C)=C/c1cc2c(-c3ccc(Cl)cc3Cl)nc(N)nc2s1. The van der Waals surface area contributed by atoms with Crippen molar-refractivity contribution in [2.75, 3.05) is 20.0 Å². The Bertz CT molecular complexity index is 984. The lowest BCUT2D eigenvalue weighted by molar-refractivity contribution is -0.0740. The Kier molecular flexibility index (Phi) is 5.79. The van der Waals surface area contributed by atoms with Gasteiger partial charge in [-0.3, -0.25) is 0 Å². The van der Waals surface area contributed by atoms with Crippen molar-refractivity contribution in [3.63, 3.8) is 0 Å². The van der Waals surface area contributed by atoms with Crippen molar-refractivity contribution in [2.24, 2.45) is 0 Å². The number of hydrogen-bond acceptors (Lipinski definition) is 6. The number of nitrogen functional groups attached to an aromatic ring is 1. The fraction of sp³-hybridized carbons (Fsp3) is 0.222. The number of aromatic nitrogens is 2. The van der Waals surface area contributed by atoms with E-state index in [9.17, 15) is 0 Å². The van der Waals surface area contributed by atoms with Crippen LogP contribution in [0.15, 0.2) is 29.8 Å². The molecule has 0 aliphatic heterocycles. The van der Waals surface area contributed by atoms with Crippen LogP contribution in [0.2, 0.25) is 10.0 Å². The Morgan fingerprint density at radius 2 is 1.92 bits per heavy atom. The van der Waals surface area contributed by atoms with Crippen LogP contribution in [-0.2, 0) is 9.47 Å². The highest BCUT2D eigenvalue weighted by Crippen LogP contribution is 2.37. The molecule has 2 N–H and O–H groups in total. The first kappa shape index (κ1) is 19.1. The molecule has 0 spiro atoms. The maximum atomic E-state index is 6.36. The largest absolute Gasteiger partial charge is 0.368 e. The summed E-state index contributed by atoms with van der Waals surface area (Å²) in [6, 6.07) is 7.29. The number of anilines is 1. The Balaban J connectivity index is 2.14. The van der Waals surface area contributed by atoms with Crippen LogP contribution in [0.25, 0.3) is 27.6 Å². The molecule has 0 saturated heterocycles. The highest BCUT2D eigenvalue weighted by atomic mass is 35.5. The number of ether oxygens (including phenoxy) is 2. The van der Waals surface area contributed by atoms with E-state index in [4.69, 9.17) is 38.4 Å². The van der Waals surface area contributed by atoms with Gasteiger partial charge in [0.05, 0.1) is 10.7 Å². The summed E-state index contributed by atoms with van der Waals surface area (Å²) < 4.78 is 10.6. The molecule has 136 valence electrons. The van der Waals surface area contributed by atoms with E-state index in [1.165, 1.54) is 11.3 Å². The van der Waals surface area contributed by atoms with Crippen molar-refractivity contribution in [2.45, 2.75) is 13.2 Å². The molecule has 5 nitrogen and oxygen atoms in total. The van der Waals surface area contributed by atoms with Gasteiger partial charge in [0.2, 0.25) is 5.95 Å². The van der Waals surface area contributed by atoms with Crippen LogP contribution >= 0.6 is 34.5 Å². The van der Waals surface area contributed by atoms with Gasteiger partial charge in [-0.1, -0.05) is 23.2 Å². The lowest BCUT2D eigenvalue weighted by atomic mass is 10.1. The molecule has 2 heterocycles. The molecule has 0 fully saturated rings. The predicted octanol–water partition coefficient (Wildman–Crippen LogP) is 5.27. The van der Waals surface area contributed by atoms with Gasteiger partial charge in [-0.05, 0) is 42.8 Å². The molecule has 0 saturated carbocycles. The van der Waals surface area contributed by atoms with Gasteiger partial charge >= 0.3 is 0 Å². The summed E-state index contributed by atoms with van der Waals surface area (Å²) in [5.74, 6) is 0.194. The smallest absolute Gasteiger partial charge is 0.221 e. The van der Waals surface area contributed by atoms with Crippen molar-refractivity contribution in [3.05, 3.63) is 44.8 Å². The highest BCUT2D eigenvalue weighted by molar-refractivity contribution is 7.19. The van der Waals surface area contributed by atoms with Crippen LogP contribution in [0.4, 0.5) is 5.95 Å². The van der Waals surface area contributed by atoms with E-state index >= 15 is 0 Å². The number of thiophene rings is 1. The second kappa shape index (κ2) is 7.90. The molecular weight excluding hydrogens is 393 g/mol. The number of methoxy groups -OCH3 is 2. The van der Waals surface area contributed by atoms with E-state index in [2.05, 4.69) is 9.97 Å². The Hall–Kier alpha value is -1.70. The fourth-order valence-electron chi connectivity index (χ4n) is 2.67. The van der Waals surface area contributed by atoms with E-state index in [1.54, 1.807) is 26.4 Å². The lowest BCUT2D eigenvalue weighted by Gasteiger charge is -2.13. The maximum Gasteiger partial charge on any atom is 0.221 e. The molecule has 0 unspecified atom stereocenters. The van der Waals surface area contributed by atoms with E-state index in [-0.39, 0.29) is 5.95 Å². The molecule has 0 amide bonds. The molecule has 0 radical (unpaired) electrons. The quantitative estimate of drug-likeness (QED) is 0.581. The molecule has 0 aliphatic carbocycles. The zero-order valence-electron chi connectivity index (χ0n) is 14.4. The van der Waals surface area contributed by atoms with Crippen molar-refractivity contribution >= 4 is 56.8 Å². The Morgan fingerprint density at radius 3 is 2.58 bits per heavy atom. The van der Waals surface area contributed by atoms with Crippen LogP contribution in [0, 0.1) is 0 Å². The summed E-state index contributed by atoms with van der Waals surface area (Å²) >= 11 is 13.9. The van der Waals surface area contributed by atoms with Gasteiger partial charge in [-0.2, -0.15) is 0 Å². The number of nitrogens with two attached hydrogens (primary N) is 1. The molecule has 0 bridgehead atoms. The predicted molar refractivity (Wildman–Crippen MR) is 109 cm³/mol. The third-order valence-electron chi connectivity index (χ3n) is 3.79. The zero-order chi connectivity index (χ0) is 18.8. The van der Waals surface area contributed by atoms with Crippen molar-refractivity contribution in [1.82, 2.24) is 9.97 Å². The van der Waals surface area contributed by atoms with Crippen molar-refractivity contribution < 1.29 is 9.47 Å². The van der Waals surface area contributed by atoms with E-state index in [0.29, 0.717) is 15.7 Å². The highest BCUT2D eigenvalue weighted by Gasteiger charge is 2.15. The van der Waals surface area contributed by atoms with Crippen molar-refractivity contribution in [3.8, 4) is 11.3 Å². The molecule has 0 aliphatic rings.